The van der Waals surface area contributed by atoms with Gasteiger partial charge in [0.25, 0.3) is 5.91 Å². The maximum atomic E-state index is 12.9. The average Bonchev–Trinajstić information content (AvgIpc) is 2.86. The molecule has 0 aliphatic heterocycles. The SMILES string of the molecule is CCCOC(C)(C)[C@@H](Cc1ccc(OC)cc1)[C@H](C)OC(=O)[C@H](C)NC(=O)c1nccc(OC)c1O. The number of ether oxygens (including phenoxy) is 4. The van der Waals surface area contributed by atoms with Crippen LogP contribution in [0.2, 0.25) is 0 Å². The van der Waals surface area contributed by atoms with E-state index in [1.54, 1.807) is 7.11 Å². The number of esters is 1. The molecule has 1 aromatic heterocycles. The van der Waals surface area contributed by atoms with Crippen molar-refractivity contribution in [2.24, 2.45) is 5.92 Å². The van der Waals surface area contributed by atoms with Gasteiger partial charge in [-0.3, -0.25) is 4.79 Å². The summed E-state index contributed by atoms with van der Waals surface area (Å²) in [6, 6.07) is 8.19. The Kier molecular flexibility index (Phi) is 10.5. The van der Waals surface area contributed by atoms with E-state index in [2.05, 4.69) is 10.3 Å². The van der Waals surface area contributed by atoms with Gasteiger partial charge in [0, 0.05) is 24.8 Å². The molecule has 1 heterocycles. The molecule has 1 aromatic carbocycles. The lowest BCUT2D eigenvalue weighted by molar-refractivity contribution is -0.161. The van der Waals surface area contributed by atoms with Crippen LogP contribution in [0.25, 0.3) is 0 Å². The molecule has 0 unspecified atom stereocenters. The fourth-order valence-corrected chi connectivity index (χ4v) is 3.92. The number of carbonyl (C=O) groups is 2. The highest BCUT2D eigenvalue weighted by molar-refractivity contribution is 5.97. The molecule has 2 rings (SSSR count). The van der Waals surface area contributed by atoms with Crippen LogP contribution in [0, 0.1) is 5.92 Å². The highest BCUT2D eigenvalue weighted by atomic mass is 16.5. The summed E-state index contributed by atoms with van der Waals surface area (Å²) in [5, 5.41) is 12.7. The molecule has 0 radical (unpaired) electrons. The van der Waals surface area contributed by atoms with Gasteiger partial charge < -0.3 is 29.4 Å². The van der Waals surface area contributed by atoms with Crippen LogP contribution in [0.3, 0.4) is 0 Å². The molecule has 0 bridgehead atoms. The molecule has 1 amide bonds. The van der Waals surface area contributed by atoms with Crippen molar-refractivity contribution >= 4 is 11.9 Å². The Hall–Kier alpha value is -3.33. The molecule has 0 saturated heterocycles. The largest absolute Gasteiger partial charge is 0.503 e. The predicted octanol–water partition coefficient (Wildman–Crippen LogP) is 3.92. The quantitative estimate of drug-likeness (QED) is 0.396. The number of amides is 1. The number of aromatic hydroxyl groups is 1. The molecular weight excluding hydrogens is 464 g/mol. The fourth-order valence-electron chi connectivity index (χ4n) is 3.92. The fraction of sp³-hybridized carbons (Fsp3) is 0.519. The molecule has 2 N–H and O–H groups in total. The molecule has 36 heavy (non-hydrogen) atoms. The number of nitrogens with one attached hydrogen (secondary N) is 1. The van der Waals surface area contributed by atoms with E-state index in [0.29, 0.717) is 13.0 Å². The second kappa shape index (κ2) is 13.1. The molecule has 9 nitrogen and oxygen atoms in total. The molecule has 2 aromatic rings. The van der Waals surface area contributed by atoms with Gasteiger partial charge in [-0.25, -0.2) is 9.78 Å². The highest BCUT2D eigenvalue weighted by Crippen LogP contribution is 2.31. The summed E-state index contributed by atoms with van der Waals surface area (Å²) in [5.41, 5.74) is 0.227. The van der Waals surface area contributed by atoms with E-state index in [4.69, 9.17) is 18.9 Å². The summed E-state index contributed by atoms with van der Waals surface area (Å²) in [4.78, 5) is 29.4. The first kappa shape index (κ1) is 28.9. The maximum absolute atomic E-state index is 12.9. The van der Waals surface area contributed by atoms with Crippen LogP contribution in [-0.4, -0.2) is 60.5 Å². The number of hydrogen-bond donors (Lipinski definition) is 2. The van der Waals surface area contributed by atoms with Crippen molar-refractivity contribution in [3.05, 3.63) is 47.8 Å². The molecule has 0 spiro atoms. The third kappa shape index (κ3) is 7.58. The Morgan fingerprint density at radius 1 is 1.08 bits per heavy atom. The lowest BCUT2D eigenvalue weighted by Crippen LogP contribution is -2.46. The van der Waals surface area contributed by atoms with Gasteiger partial charge in [0.05, 0.1) is 19.8 Å². The number of pyridine rings is 1. The summed E-state index contributed by atoms with van der Waals surface area (Å²) in [6.45, 7) is 9.94. The molecule has 0 aliphatic rings. The third-order valence-electron chi connectivity index (χ3n) is 6.08. The van der Waals surface area contributed by atoms with Crippen LogP contribution >= 0.6 is 0 Å². The maximum Gasteiger partial charge on any atom is 0.328 e. The lowest BCUT2D eigenvalue weighted by Gasteiger charge is -2.38. The normalized spacial score (nSPS) is 13.9. The van der Waals surface area contributed by atoms with Crippen LogP contribution in [0.5, 0.6) is 17.2 Å². The Balaban J connectivity index is 2.14. The zero-order valence-corrected chi connectivity index (χ0v) is 22.2. The molecule has 9 heteroatoms. The Bertz CT molecular complexity index is 1010. The Morgan fingerprint density at radius 2 is 1.75 bits per heavy atom. The summed E-state index contributed by atoms with van der Waals surface area (Å²) in [5.74, 6) is -1.03. The van der Waals surface area contributed by atoms with Gasteiger partial charge in [-0.2, -0.15) is 0 Å². The highest BCUT2D eigenvalue weighted by Gasteiger charge is 2.37. The van der Waals surface area contributed by atoms with E-state index in [1.165, 1.54) is 26.3 Å². The molecular formula is C27H38N2O7. The molecule has 0 aliphatic carbocycles. The Labute approximate surface area is 213 Å². The van der Waals surface area contributed by atoms with Crippen LogP contribution in [0.1, 0.15) is 57.1 Å². The van der Waals surface area contributed by atoms with Crippen molar-refractivity contribution < 1.29 is 33.6 Å². The summed E-state index contributed by atoms with van der Waals surface area (Å²) < 4.78 is 22.2. The predicted molar refractivity (Wildman–Crippen MR) is 135 cm³/mol. The second-order valence-electron chi connectivity index (χ2n) is 9.16. The van der Waals surface area contributed by atoms with E-state index in [1.807, 2.05) is 52.0 Å². The van der Waals surface area contributed by atoms with Crippen LogP contribution < -0.4 is 14.8 Å². The van der Waals surface area contributed by atoms with Crippen LogP contribution in [0.15, 0.2) is 36.5 Å². The second-order valence-corrected chi connectivity index (χ2v) is 9.16. The number of methoxy groups -OCH3 is 2. The van der Waals surface area contributed by atoms with Gasteiger partial charge in [0.2, 0.25) is 0 Å². The van der Waals surface area contributed by atoms with Gasteiger partial charge in [0.15, 0.2) is 17.2 Å². The van der Waals surface area contributed by atoms with Crippen molar-refractivity contribution in [3.63, 3.8) is 0 Å². The van der Waals surface area contributed by atoms with Gasteiger partial charge in [-0.05, 0) is 58.2 Å². The van der Waals surface area contributed by atoms with E-state index >= 15 is 0 Å². The van der Waals surface area contributed by atoms with E-state index < -0.39 is 35.4 Å². The topological polar surface area (TPSA) is 116 Å². The smallest absolute Gasteiger partial charge is 0.328 e. The van der Waals surface area contributed by atoms with Gasteiger partial charge in [-0.1, -0.05) is 19.1 Å². The third-order valence-corrected chi connectivity index (χ3v) is 6.08. The van der Waals surface area contributed by atoms with E-state index in [9.17, 15) is 14.7 Å². The lowest BCUT2D eigenvalue weighted by atomic mass is 9.81. The minimum Gasteiger partial charge on any atom is -0.503 e. The summed E-state index contributed by atoms with van der Waals surface area (Å²) in [7, 11) is 2.99. The number of hydrogen-bond acceptors (Lipinski definition) is 8. The average molecular weight is 503 g/mol. The van der Waals surface area contributed by atoms with Crippen molar-refractivity contribution in [1.82, 2.24) is 10.3 Å². The van der Waals surface area contributed by atoms with E-state index in [0.717, 1.165) is 17.7 Å². The van der Waals surface area contributed by atoms with Crippen molar-refractivity contribution in [1.29, 1.82) is 0 Å². The minimum absolute atomic E-state index is 0.106. The zero-order chi connectivity index (χ0) is 26.9. The Morgan fingerprint density at radius 3 is 2.33 bits per heavy atom. The standard InChI is InChI=1S/C27H38N2O7/c1-8-15-35-27(4,5)21(16-19-9-11-20(33-6)12-10-19)18(3)36-26(32)17(2)29-25(31)23-24(30)22(34-7)13-14-28-23/h9-14,17-18,21,30H,8,15-16H2,1-7H3,(H,29,31)/t17-,18-,21-/m0/s1. The first-order valence-corrected chi connectivity index (χ1v) is 12.0. The zero-order valence-electron chi connectivity index (χ0n) is 22.2. The van der Waals surface area contributed by atoms with Gasteiger partial charge in [0.1, 0.15) is 17.9 Å². The van der Waals surface area contributed by atoms with Crippen molar-refractivity contribution in [2.75, 3.05) is 20.8 Å². The molecule has 0 saturated carbocycles. The first-order chi connectivity index (χ1) is 17.0. The minimum atomic E-state index is -0.978. The summed E-state index contributed by atoms with van der Waals surface area (Å²) >= 11 is 0. The molecule has 0 fully saturated rings. The van der Waals surface area contributed by atoms with Crippen LogP contribution in [0.4, 0.5) is 0 Å². The van der Waals surface area contributed by atoms with Crippen molar-refractivity contribution in [2.45, 2.75) is 65.2 Å². The number of benzene rings is 1. The van der Waals surface area contributed by atoms with Gasteiger partial charge in [-0.15, -0.1) is 0 Å². The number of nitrogens with zero attached hydrogens (tertiary/aromatic N) is 1. The van der Waals surface area contributed by atoms with Gasteiger partial charge >= 0.3 is 5.97 Å². The molecule has 3 atom stereocenters. The summed E-state index contributed by atoms with van der Waals surface area (Å²) in [6.07, 6.45) is 2.29. The van der Waals surface area contributed by atoms with Crippen LogP contribution in [-0.2, 0) is 20.7 Å². The number of aromatic nitrogens is 1. The number of carbonyl (C=O) groups excluding carboxylic acids is 2. The number of rotatable bonds is 13. The van der Waals surface area contributed by atoms with Crippen molar-refractivity contribution in [3.8, 4) is 17.2 Å². The monoisotopic (exact) mass is 502 g/mol. The van der Waals surface area contributed by atoms with E-state index in [-0.39, 0.29) is 17.4 Å². The first-order valence-electron chi connectivity index (χ1n) is 12.0. The molecule has 198 valence electrons.